The van der Waals surface area contributed by atoms with Crippen LogP contribution in [0.1, 0.15) is 6.42 Å². The van der Waals surface area contributed by atoms with Crippen molar-refractivity contribution in [3.05, 3.63) is 52.8 Å². The molecule has 2 heterocycles. The Kier molecular flexibility index (Phi) is 4.26. The number of para-hydroxylation sites is 1. The van der Waals surface area contributed by atoms with E-state index in [9.17, 15) is 4.79 Å². The lowest BCUT2D eigenvalue weighted by molar-refractivity contribution is 0.405. The molecule has 0 radical (unpaired) electrons. The van der Waals surface area contributed by atoms with Gasteiger partial charge < -0.3 is 10.2 Å². The molecule has 0 bridgehead atoms. The predicted octanol–water partition coefficient (Wildman–Crippen LogP) is 2.99. The Morgan fingerprint density at radius 2 is 1.88 bits per heavy atom. The highest BCUT2D eigenvalue weighted by atomic mass is 16.1. The first kappa shape index (κ1) is 16.5. The molecular weight excluding hydrogens is 326 g/mol. The summed E-state index contributed by atoms with van der Waals surface area (Å²) in [5.41, 5.74) is 2.05. The molecule has 0 fully saturated rings. The van der Waals surface area contributed by atoms with E-state index in [0.717, 1.165) is 35.8 Å². The van der Waals surface area contributed by atoms with Crippen molar-refractivity contribution in [2.75, 3.05) is 32.5 Å². The molecule has 2 aromatic carbocycles. The van der Waals surface area contributed by atoms with E-state index < -0.39 is 0 Å². The quantitative estimate of drug-likeness (QED) is 0.330. The number of anilines is 1. The maximum absolute atomic E-state index is 12.7. The van der Waals surface area contributed by atoms with Crippen molar-refractivity contribution in [1.82, 2.24) is 19.9 Å². The highest BCUT2D eigenvalue weighted by Crippen LogP contribution is 2.24. The third-order valence-corrected chi connectivity index (χ3v) is 4.43. The minimum Gasteiger partial charge on any atom is -0.356 e. The van der Waals surface area contributed by atoms with Crippen LogP contribution in [0.5, 0.6) is 0 Å². The lowest BCUT2D eigenvalue weighted by Gasteiger charge is -2.10. The van der Waals surface area contributed by atoms with E-state index in [2.05, 4.69) is 26.3 Å². The molecule has 132 valence electrons. The fourth-order valence-electron chi connectivity index (χ4n) is 3.15. The third-order valence-electron chi connectivity index (χ3n) is 4.43. The Morgan fingerprint density at radius 1 is 1.04 bits per heavy atom. The predicted molar refractivity (Wildman–Crippen MR) is 107 cm³/mol. The van der Waals surface area contributed by atoms with Crippen LogP contribution < -0.4 is 10.9 Å². The third kappa shape index (κ3) is 3.11. The van der Waals surface area contributed by atoms with Crippen LogP contribution >= 0.6 is 0 Å². The lowest BCUT2D eigenvalue weighted by Crippen LogP contribution is -2.18. The van der Waals surface area contributed by atoms with Gasteiger partial charge in [0.25, 0.3) is 5.56 Å². The molecule has 6 heteroatoms. The van der Waals surface area contributed by atoms with Crippen molar-refractivity contribution in [1.29, 1.82) is 0 Å². The molecule has 4 rings (SSSR count). The highest BCUT2D eigenvalue weighted by Gasteiger charge is 2.10. The normalized spacial score (nSPS) is 11.7. The first-order valence-electron chi connectivity index (χ1n) is 8.73. The molecule has 0 aliphatic rings. The van der Waals surface area contributed by atoms with Crippen LogP contribution in [0.15, 0.2) is 47.3 Å². The molecule has 0 aliphatic carbocycles. The standard InChI is InChI=1S/C20H21N5O/c1-25(2)11-5-10-21-20-23-16-9-8-14-12-13-6-3-4-7-15(13)22-18(14)17(16)19(26)24-20/h3-4,6-9,12H,5,10-11H2,1-2H3,(H2,21,23,24,26). The Bertz CT molecular complexity index is 1150. The van der Waals surface area contributed by atoms with Crippen molar-refractivity contribution >= 4 is 38.7 Å². The van der Waals surface area contributed by atoms with Gasteiger partial charge in [-0.3, -0.25) is 9.78 Å². The zero-order valence-electron chi connectivity index (χ0n) is 14.9. The molecule has 26 heavy (non-hydrogen) atoms. The molecule has 0 saturated carbocycles. The van der Waals surface area contributed by atoms with Crippen molar-refractivity contribution in [2.24, 2.45) is 0 Å². The molecule has 6 nitrogen and oxygen atoms in total. The smallest absolute Gasteiger partial charge is 0.262 e. The van der Waals surface area contributed by atoms with Crippen LogP contribution in [0.25, 0.3) is 32.7 Å². The van der Waals surface area contributed by atoms with Crippen LogP contribution in [0.2, 0.25) is 0 Å². The number of nitrogens with zero attached hydrogens (tertiary/aromatic N) is 3. The van der Waals surface area contributed by atoms with Gasteiger partial charge >= 0.3 is 0 Å². The minimum absolute atomic E-state index is 0.168. The number of pyridine rings is 1. The summed E-state index contributed by atoms with van der Waals surface area (Å²) in [6, 6.07) is 13.8. The summed E-state index contributed by atoms with van der Waals surface area (Å²) in [5.74, 6) is 0.501. The highest BCUT2D eigenvalue weighted by molar-refractivity contribution is 6.07. The van der Waals surface area contributed by atoms with E-state index in [1.165, 1.54) is 0 Å². The van der Waals surface area contributed by atoms with Gasteiger partial charge in [0.05, 0.1) is 21.9 Å². The number of aromatic amines is 1. The molecule has 0 unspecified atom stereocenters. The molecular formula is C20H21N5O. The largest absolute Gasteiger partial charge is 0.356 e. The van der Waals surface area contributed by atoms with Gasteiger partial charge in [0.2, 0.25) is 5.95 Å². The first-order valence-corrected chi connectivity index (χ1v) is 8.73. The second-order valence-electron chi connectivity index (χ2n) is 6.71. The zero-order valence-corrected chi connectivity index (χ0v) is 14.9. The number of nitrogens with one attached hydrogen (secondary N) is 2. The Morgan fingerprint density at radius 3 is 2.73 bits per heavy atom. The van der Waals surface area contributed by atoms with Gasteiger partial charge in [0.15, 0.2) is 0 Å². The monoisotopic (exact) mass is 347 g/mol. The molecule has 0 aliphatic heterocycles. The topological polar surface area (TPSA) is 73.9 Å². The van der Waals surface area contributed by atoms with Gasteiger partial charge in [0.1, 0.15) is 0 Å². The van der Waals surface area contributed by atoms with E-state index >= 15 is 0 Å². The summed E-state index contributed by atoms with van der Waals surface area (Å²) < 4.78 is 0. The molecule has 0 amide bonds. The fraction of sp³-hybridized carbons (Fsp3) is 0.250. The number of fused-ring (bicyclic) bond motifs is 4. The van der Waals surface area contributed by atoms with Crippen LogP contribution in [-0.4, -0.2) is 47.0 Å². The van der Waals surface area contributed by atoms with Gasteiger partial charge in [-0.1, -0.05) is 24.3 Å². The average Bonchev–Trinajstić information content (AvgIpc) is 2.63. The molecule has 0 spiro atoms. The summed E-state index contributed by atoms with van der Waals surface area (Å²) in [5, 5.41) is 5.73. The molecule has 2 N–H and O–H groups in total. The van der Waals surface area contributed by atoms with Crippen LogP contribution in [0.3, 0.4) is 0 Å². The maximum atomic E-state index is 12.7. The van der Waals surface area contributed by atoms with E-state index in [1.807, 2.05) is 50.5 Å². The van der Waals surface area contributed by atoms with E-state index in [0.29, 0.717) is 22.4 Å². The SMILES string of the molecule is CN(C)CCCNc1nc2ccc3cc4ccccc4nc3c2c(=O)[nH]1. The summed E-state index contributed by atoms with van der Waals surface area (Å²) in [6.07, 6.45) is 0.972. The summed E-state index contributed by atoms with van der Waals surface area (Å²) in [7, 11) is 4.08. The minimum atomic E-state index is -0.168. The van der Waals surface area contributed by atoms with Crippen LogP contribution in [-0.2, 0) is 0 Å². The number of benzene rings is 2. The first-order chi connectivity index (χ1) is 12.6. The van der Waals surface area contributed by atoms with E-state index in [-0.39, 0.29) is 5.56 Å². The van der Waals surface area contributed by atoms with Crippen molar-refractivity contribution < 1.29 is 0 Å². The Hall–Kier alpha value is -2.99. The Labute approximate surface area is 150 Å². The number of rotatable bonds is 5. The van der Waals surface area contributed by atoms with E-state index in [4.69, 9.17) is 4.98 Å². The number of hydrogen-bond acceptors (Lipinski definition) is 5. The molecule has 0 atom stereocenters. The number of aromatic nitrogens is 3. The van der Waals surface area contributed by atoms with Crippen LogP contribution in [0, 0.1) is 0 Å². The van der Waals surface area contributed by atoms with Gasteiger partial charge in [0, 0.05) is 17.3 Å². The second-order valence-corrected chi connectivity index (χ2v) is 6.71. The summed E-state index contributed by atoms with van der Waals surface area (Å²) in [4.78, 5) is 26.9. The van der Waals surface area contributed by atoms with Crippen molar-refractivity contribution in [3.8, 4) is 0 Å². The van der Waals surface area contributed by atoms with Crippen molar-refractivity contribution in [3.63, 3.8) is 0 Å². The van der Waals surface area contributed by atoms with Gasteiger partial charge in [-0.05, 0) is 45.3 Å². The zero-order chi connectivity index (χ0) is 18.1. The number of H-pyrrole nitrogens is 1. The second kappa shape index (κ2) is 6.72. The number of hydrogen-bond donors (Lipinski definition) is 2. The average molecular weight is 347 g/mol. The molecule has 2 aromatic heterocycles. The van der Waals surface area contributed by atoms with Gasteiger partial charge in [-0.15, -0.1) is 0 Å². The van der Waals surface area contributed by atoms with E-state index in [1.54, 1.807) is 0 Å². The maximum Gasteiger partial charge on any atom is 0.262 e. The molecule has 0 saturated heterocycles. The van der Waals surface area contributed by atoms with Crippen molar-refractivity contribution in [2.45, 2.75) is 6.42 Å². The summed E-state index contributed by atoms with van der Waals surface area (Å²) >= 11 is 0. The van der Waals surface area contributed by atoms with Crippen LogP contribution in [0.4, 0.5) is 5.95 Å². The lowest BCUT2D eigenvalue weighted by atomic mass is 10.1. The molecule has 4 aromatic rings. The Balaban J connectivity index is 1.76. The summed E-state index contributed by atoms with van der Waals surface area (Å²) in [6.45, 7) is 1.73. The fourth-order valence-corrected chi connectivity index (χ4v) is 3.15. The van der Waals surface area contributed by atoms with Gasteiger partial charge in [-0.2, -0.15) is 0 Å². The van der Waals surface area contributed by atoms with Gasteiger partial charge in [-0.25, -0.2) is 9.97 Å².